The molecule has 0 aliphatic rings. The Hall–Kier alpha value is -1.29. The Balaban J connectivity index is 2.72. The van der Waals surface area contributed by atoms with E-state index in [1.54, 1.807) is 6.07 Å². The molecule has 1 aromatic carbocycles. The second-order valence-electron chi connectivity index (χ2n) is 5.23. The van der Waals surface area contributed by atoms with Crippen LogP contribution in [0.15, 0.2) is 12.1 Å². The second kappa shape index (κ2) is 6.00. The summed E-state index contributed by atoms with van der Waals surface area (Å²) in [5, 5.41) is 0. The molecule has 0 saturated heterocycles. The summed E-state index contributed by atoms with van der Waals surface area (Å²) in [6, 6.07) is 3.40. The van der Waals surface area contributed by atoms with Gasteiger partial charge in [-0.2, -0.15) is 0 Å². The lowest BCUT2D eigenvalue weighted by Crippen LogP contribution is -2.16. The van der Waals surface area contributed by atoms with Crippen LogP contribution in [0.5, 0.6) is 5.75 Å². The van der Waals surface area contributed by atoms with E-state index in [4.69, 9.17) is 16.3 Å². The molecule has 1 aromatic heterocycles. The fraction of sp³-hybridized carbons (Fsp3) is 0.533. The van der Waals surface area contributed by atoms with Gasteiger partial charge in [0.15, 0.2) is 11.6 Å². The van der Waals surface area contributed by atoms with Crippen molar-refractivity contribution in [3.05, 3.63) is 23.8 Å². The number of methoxy groups -OCH3 is 1. The third-order valence-corrected chi connectivity index (χ3v) is 3.91. The zero-order chi connectivity index (χ0) is 14.9. The van der Waals surface area contributed by atoms with Gasteiger partial charge in [0.2, 0.25) is 0 Å². The Morgan fingerprint density at radius 3 is 2.60 bits per heavy atom. The molecule has 0 aliphatic heterocycles. The van der Waals surface area contributed by atoms with Gasteiger partial charge in [-0.25, -0.2) is 9.37 Å². The number of aromatic nitrogens is 2. The normalized spacial score (nSPS) is 13.2. The van der Waals surface area contributed by atoms with Crippen molar-refractivity contribution in [3.63, 3.8) is 0 Å². The van der Waals surface area contributed by atoms with Crippen LogP contribution in [0, 0.1) is 11.7 Å². The summed E-state index contributed by atoms with van der Waals surface area (Å²) >= 11 is 6.01. The Morgan fingerprint density at radius 2 is 2.10 bits per heavy atom. The van der Waals surface area contributed by atoms with Crippen molar-refractivity contribution in [3.8, 4) is 5.75 Å². The Kier molecular flexibility index (Phi) is 4.53. The molecule has 0 fully saturated rings. The quantitative estimate of drug-likeness (QED) is 0.758. The molecule has 20 heavy (non-hydrogen) atoms. The van der Waals surface area contributed by atoms with E-state index in [0.29, 0.717) is 17.3 Å². The molecule has 5 heteroatoms. The van der Waals surface area contributed by atoms with Crippen molar-refractivity contribution in [2.75, 3.05) is 7.11 Å². The highest BCUT2D eigenvalue weighted by Crippen LogP contribution is 2.32. The smallest absolute Gasteiger partial charge is 0.167 e. The fourth-order valence-corrected chi connectivity index (χ4v) is 2.91. The number of rotatable bonds is 5. The van der Waals surface area contributed by atoms with Gasteiger partial charge < -0.3 is 9.30 Å². The molecule has 2 aromatic rings. The summed E-state index contributed by atoms with van der Waals surface area (Å²) in [7, 11) is 1.47. The maximum atomic E-state index is 13.8. The minimum atomic E-state index is -0.400. The van der Waals surface area contributed by atoms with Gasteiger partial charge in [0, 0.05) is 18.2 Å². The highest BCUT2D eigenvalue weighted by Gasteiger charge is 2.21. The third kappa shape index (κ3) is 2.49. The molecule has 2 rings (SSSR count). The predicted molar refractivity (Wildman–Crippen MR) is 80.0 cm³/mol. The molecule has 1 unspecified atom stereocenters. The molecule has 1 atom stereocenters. The van der Waals surface area contributed by atoms with Gasteiger partial charge in [0.1, 0.15) is 5.82 Å². The maximum Gasteiger partial charge on any atom is 0.167 e. The zero-order valence-corrected chi connectivity index (χ0v) is 13.0. The summed E-state index contributed by atoms with van der Waals surface area (Å²) < 4.78 is 21.0. The van der Waals surface area contributed by atoms with Crippen LogP contribution in [0.25, 0.3) is 11.0 Å². The van der Waals surface area contributed by atoms with Crippen LogP contribution in [0.4, 0.5) is 4.39 Å². The molecule has 0 N–H and O–H groups in total. The standard InChI is InChI=1S/C15H20ClFN2O/c1-5-12(9(2)3)19-13-7-14(20-4)10(17)6-11(13)18-15(19)8-16/h6-7,9,12H,5,8H2,1-4H3. The lowest BCUT2D eigenvalue weighted by Gasteiger charge is -2.23. The average molecular weight is 299 g/mol. The Labute approximate surface area is 123 Å². The van der Waals surface area contributed by atoms with Crippen LogP contribution < -0.4 is 4.74 Å². The van der Waals surface area contributed by atoms with Crippen molar-refractivity contribution in [2.24, 2.45) is 5.92 Å². The van der Waals surface area contributed by atoms with Crippen molar-refractivity contribution < 1.29 is 9.13 Å². The first-order valence-corrected chi connectivity index (χ1v) is 7.37. The highest BCUT2D eigenvalue weighted by molar-refractivity contribution is 6.16. The fourth-order valence-electron chi connectivity index (χ4n) is 2.72. The summed E-state index contributed by atoms with van der Waals surface area (Å²) in [6.45, 7) is 6.47. The molecule has 0 bridgehead atoms. The average Bonchev–Trinajstić information content (AvgIpc) is 2.76. The number of hydrogen-bond donors (Lipinski definition) is 0. The number of nitrogens with zero attached hydrogens (tertiary/aromatic N) is 2. The molecule has 0 spiro atoms. The number of benzene rings is 1. The summed E-state index contributed by atoms with van der Waals surface area (Å²) in [5.41, 5.74) is 1.50. The molecule has 0 saturated carbocycles. The lowest BCUT2D eigenvalue weighted by atomic mass is 10.0. The molecule has 110 valence electrons. The van der Waals surface area contributed by atoms with E-state index in [-0.39, 0.29) is 11.8 Å². The van der Waals surface area contributed by atoms with Crippen LogP contribution in [0.2, 0.25) is 0 Å². The van der Waals surface area contributed by atoms with Crippen LogP contribution in [-0.4, -0.2) is 16.7 Å². The van der Waals surface area contributed by atoms with Gasteiger partial charge >= 0.3 is 0 Å². The molecule has 0 amide bonds. The van der Waals surface area contributed by atoms with E-state index in [2.05, 4.69) is 30.3 Å². The predicted octanol–water partition coefficient (Wildman–Crippen LogP) is 4.53. The molecular weight excluding hydrogens is 279 g/mol. The van der Waals surface area contributed by atoms with Crippen LogP contribution >= 0.6 is 11.6 Å². The largest absolute Gasteiger partial charge is 0.494 e. The molecule has 0 radical (unpaired) electrons. The van der Waals surface area contributed by atoms with Gasteiger partial charge in [-0.3, -0.25) is 0 Å². The van der Waals surface area contributed by atoms with Crippen LogP contribution in [-0.2, 0) is 5.88 Å². The monoisotopic (exact) mass is 298 g/mol. The van der Waals surface area contributed by atoms with Crippen LogP contribution in [0.1, 0.15) is 39.1 Å². The number of ether oxygens (including phenoxy) is 1. The van der Waals surface area contributed by atoms with Gasteiger partial charge in [-0.05, 0) is 12.3 Å². The van der Waals surface area contributed by atoms with Crippen molar-refractivity contribution in [1.82, 2.24) is 9.55 Å². The summed E-state index contributed by atoms with van der Waals surface area (Å²) in [4.78, 5) is 4.45. The third-order valence-electron chi connectivity index (χ3n) is 3.68. The number of halogens is 2. The van der Waals surface area contributed by atoms with E-state index in [1.165, 1.54) is 13.2 Å². The van der Waals surface area contributed by atoms with E-state index in [9.17, 15) is 4.39 Å². The van der Waals surface area contributed by atoms with E-state index in [1.807, 2.05) is 0 Å². The maximum absolute atomic E-state index is 13.8. The topological polar surface area (TPSA) is 27.1 Å². The second-order valence-corrected chi connectivity index (χ2v) is 5.49. The van der Waals surface area contributed by atoms with Gasteiger partial charge in [0.05, 0.1) is 24.0 Å². The van der Waals surface area contributed by atoms with E-state index >= 15 is 0 Å². The molecular formula is C15H20ClFN2O. The van der Waals surface area contributed by atoms with Gasteiger partial charge in [0.25, 0.3) is 0 Å². The highest BCUT2D eigenvalue weighted by atomic mass is 35.5. The summed E-state index contributed by atoms with van der Waals surface area (Å²) in [5.74, 6) is 1.36. The van der Waals surface area contributed by atoms with Gasteiger partial charge in [-0.1, -0.05) is 20.8 Å². The first-order valence-electron chi connectivity index (χ1n) is 6.83. The van der Waals surface area contributed by atoms with Gasteiger partial charge in [-0.15, -0.1) is 11.6 Å². The SMILES string of the molecule is CCC(C(C)C)n1c(CCl)nc2cc(F)c(OC)cc21. The first kappa shape index (κ1) is 15.1. The number of alkyl halides is 1. The van der Waals surface area contributed by atoms with Crippen LogP contribution in [0.3, 0.4) is 0 Å². The number of hydrogen-bond acceptors (Lipinski definition) is 2. The Morgan fingerprint density at radius 1 is 1.40 bits per heavy atom. The zero-order valence-electron chi connectivity index (χ0n) is 12.3. The minimum Gasteiger partial charge on any atom is -0.494 e. The first-order chi connectivity index (χ1) is 9.53. The van der Waals surface area contributed by atoms with Crippen molar-refractivity contribution >= 4 is 22.6 Å². The summed E-state index contributed by atoms with van der Waals surface area (Å²) in [6.07, 6.45) is 0.965. The lowest BCUT2D eigenvalue weighted by molar-refractivity contribution is 0.365. The van der Waals surface area contributed by atoms with E-state index < -0.39 is 5.82 Å². The van der Waals surface area contributed by atoms with Crippen molar-refractivity contribution in [2.45, 2.75) is 39.1 Å². The minimum absolute atomic E-state index is 0.235. The molecule has 3 nitrogen and oxygen atoms in total. The van der Waals surface area contributed by atoms with E-state index in [0.717, 1.165) is 17.8 Å². The number of imidazole rings is 1. The number of fused-ring (bicyclic) bond motifs is 1. The Bertz CT molecular complexity index is 609. The van der Waals surface area contributed by atoms with Crippen molar-refractivity contribution in [1.29, 1.82) is 0 Å². The molecule has 0 aliphatic carbocycles. The molecule has 1 heterocycles.